The summed E-state index contributed by atoms with van der Waals surface area (Å²) in [7, 11) is 0. The number of aryl methyl sites for hydroxylation is 1. The molecule has 1 atom stereocenters. The summed E-state index contributed by atoms with van der Waals surface area (Å²) in [6.45, 7) is 0. The van der Waals surface area contributed by atoms with Crippen LogP contribution >= 0.6 is 11.6 Å². The summed E-state index contributed by atoms with van der Waals surface area (Å²) in [5, 5.41) is 0.276. The monoisotopic (exact) mass is 248 g/mol. The molecule has 2 nitrogen and oxygen atoms in total. The molecule has 86 valence electrons. The first-order valence-corrected chi connectivity index (χ1v) is 5.88. The van der Waals surface area contributed by atoms with Crippen molar-refractivity contribution in [3.63, 3.8) is 0 Å². The van der Waals surface area contributed by atoms with E-state index < -0.39 is 0 Å². The van der Waals surface area contributed by atoms with E-state index in [4.69, 9.17) is 11.6 Å². The number of benzene rings is 1. The van der Waals surface area contributed by atoms with Gasteiger partial charge in [-0.15, -0.1) is 0 Å². The number of halogens is 2. The van der Waals surface area contributed by atoms with Gasteiger partial charge in [-0.05, 0) is 47.7 Å². The maximum absolute atomic E-state index is 12.9. The molecule has 0 spiro atoms. The zero-order chi connectivity index (χ0) is 11.8. The fourth-order valence-corrected chi connectivity index (χ4v) is 2.49. The zero-order valence-corrected chi connectivity index (χ0v) is 9.78. The van der Waals surface area contributed by atoms with E-state index in [9.17, 15) is 4.39 Å². The molecule has 0 N–H and O–H groups in total. The van der Waals surface area contributed by atoms with Gasteiger partial charge in [0.15, 0.2) is 0 Å². The summed E-state index contributed by atoms with van der Waals surface area (Å²) < 4.78 is 12.9. The SMILES string of the molecule is Fc1ccc(C2CCc3cnc(Cl)nc32)cc1. The molecular weight excluding hydrogens is 239 g/mol. The largest absolute Gasteiger partial charge is 0.226 e. The number of nitrogens with zero attached hydrogens (tertiary/aromatic N) is 2. The minimum atomic E-state index is -0.215. The molecule has 1 heterocycles. The molecule has 0 amide bonds. The van der Waals surface area contributed by atoms with Crippen LogP contribution in [0.1, 0.15) is 29.2 Å². The Labute approximate surface area is 103 Å². The molecule has 17 heavy (non-hydrogen) atoms. The molecule has 0 saturated carbocycles. The molecule has 0 bridgehead atoms. The van der Waals surface area contributed by atoms with Crippen LogP contribution in [0.4, 0.5) is 4.39 Å². The van der Waals surface area contributed by atoms with Crippen molar-refractivity contribution < 1.29 is 4.39 Å². The van der Waals surface area contributed by atoms with Crippen LogP contribution in [0.25, 0.3) is 0 Å². The summed E-state index contributed by atoms with van der Waals surface area (Å²) in [4.78, 5) is 8.28. The third-order valence-electron chi connectivity index (χ3n) is 3.17. The molecule has 1 aromatic heterocycles. The van der Waals surface area contributed by atoms with Gasteiger partial charge in [0, 0.05) is 12.1 Å². The Morgan fingerprint density at radius 3 is 2.76 bits per heavy atom. The number of hydrogen-bond acceptors (Lipinski definition) is 2. The standard InChI is InChI=1S/C13H10ClFN2/c14-13-16-7-9-3-6-11(12(9)17-13)8-1-4-10(15)5-2-8/h1-2,4-5,7,11H,3,6H2. The molecule has 1 unspecified atom stereocenters. The van der Waals surface area contributed by atoms with E-state index in [-0.39, 0.29) is 17.0 Å². The van der Waals surface area contributed by atoms with Crippen molar-refractivity contribution in [3.8, 4) is 0 Å². The first kappa shape index (κ1) is 10.7. The second-order valence-corrected chi connectivity index (χ2v) is 4.53. The molecule has 0 aliphatic heterocycles. The van der Waals surface area contributed by atoms with Gasteiger partial charge < -0.3 is 0 Å². The average molecular weight is 249 g/mol. The Morgan fingerprint density at radius 1 is 1.24 bits per heavy atom. The normalized spacial score (nSPS) is 18.1. The van der Waals surface area contributed by atoms with E-state index in [2.05, 4.69) is 9.97 Å². The summed E-state index contributed by atoms with van der Waals surface area (Å²) in [6, 6.07) is 6.59. The van der Waals surface area contributed by atoms with Crippen molar-refractivity contribution in [2.45, 2.75) is 18.8 Å². The van der Waals surface area contributed by atoms with Crippen molar-refractivity contribution >= 4 is 11.6 Å². The van der Waals surface area contributed by atoms with Crippen molar-refractivity contribution in [3.05, 3.63) is 58.4 Å². The Balaban J connectivity index is 2.03. The molecule has 1 aromatic carbocycles. The van der Waals surface area contributed by atoms with Gasteiger partial charge in [-0.2, -0.15) is 0 Å². The summed E-state index contributed by atoms with van der Waals surface area (Å²) in [6.07, 6.45) is 3.72. The van der Waals surface area contributed by atoms with Gasteiger partial charge >= 0.3 is 0 Å². The first-order chi connectivity index (χ1) is 8.24. The van der Waals surface area contributed by atoms with Crippen molar-refractivity contribution in [1.29, 1.82) is 0 Å². The number of fused-ring (bicyclic) bond motifs is 1. The number of hydrogen-bond donors (Lipinski definition) is 0. The lowest BCUT2D eigenvalue weighted by Crippen LogP contribution is -2.00. The Kier molecular flexibility index (Phi) is 2.56. The topological polar surface area (TPSA) is 25.8 Å². The van der Waals surface area contributed by atoms with Gasteiger partial charge in [0.25, 0.3) is 0 Å². The zero-order valence-electron chi connectivity index (χ0n) is 9.03. The number of aromatic nitrogens is 2. The van der Waals surface area contributed by atoms with E-state index >= 15 is 0 Å². The van der Waals surface area contributed by atoms with Crippen LogP contribution in [-0.4, -0.2) is 9.97 Å². The van der Waals surface area contributed by atoms with Crippen LogP contribution in [-0.2, 0) is 6.42 Å². The van der Waals surface area contributed by atoms with Crippen LogP contribution in [0.5, 0.6) is 0 Å². The van der Waals surface area contributed by atoms with Gasteiger partial charge in [-0.3, -0.25) is 0 Å². The predicted molar refractivity (Wildman–Crippen MR) is 63.6 cm³/mol. The van der Waals surface area contributed by atoms with Crippen LogP contribution in [0.3, 0.4) is 0 Å². The number of rotatable bonds is 1. The van der Waals surface area contributed by atoms with Crippen molar-refractivity contribution in [2.75, 3.05) is 0 Å². The van der Waals surface area contributed by atoms with Gasteiger partial charge in [0.2, 0.25) is 5.28 Å². The second kappa shape index (κ2) is 4.08. The van der Waals surface area contributed by atoms with Gasteiger partial charge in [-0.1, -0.05) is 12.1 Å². The van der Waals surface area contributed by atoms with E-state index in [0.29, 0.717) is 0 Å². The highest BCUT2D eigenvalue weighted by atomic mass is 35.5. The highest BCUT2D eigenvalue weighted by Gasteiger charge is 2.26. The fraction of sp³-hybridized carbons (Fsp3) is 0.231. The molecule has 0 saturated heterocycles. The van der Waals surface area contributed by atoms with Crippen LogP contribution in [0.15, 0.2) is 30.5 Å². The lowest BCUT2D eigenvalue weighted by Gasteiger charge is -2.10. The third-order valence-corrected chi connectivity index (χ3v) is 3.36. The lowest BCUT2D eigenvalue weighted by molar-refractivity contribution is 0.625. The second-order valence-electron chi connectivity index (χ2n) is 4.19. The molecule has 0 radical (unpaired) electrons. The van der Waals surface area contributed by atoms with Gasteiger partial charge in [0.1, 0.15) is 5.82 Å². The van der Waals surface area contributed by atoms with E-state index in [1.807, 2.05) is 12.1 Å². The third kappa shape index (κ3) is 1.91. The van der Waals surface area contributed by atoms with E-state index in [0.717, 1.165) is 29.7 Å². The Bertz CT molecular complexity index is 554. The highest BCUT2D eigenvalue weighted by Crippen LogP contribution is 2.36. The Hall–Kier alpha value is -1.48. The van der Waals surface area contributed by atoms with Crippen molar-refractivity contribution in [2.24, 2.45) is 0 Å². The molecule has 1 aliphatic rings. The molecule has 2 aromatic rings. The molecule has 1 aliphatic carbocycles. The van der Waals surface area contributed by atoms with Crippen LogP contribution < -0.4 is 0 Å². The quantitative estimate of drug-likeness (QED) is 0.724. The lowest BCUT2D eigenvalue weighted by atomic mass is 9.97. The average Bonchev–Trinajstić information content (AvgIpc) is 2.73. The molecular formula is C13H10ClFN2. The minimum Gasteiger partial charge on any atom is -0.226 e. The highest BCUT2D eigenvalue weighted by molar-refractivity contribution is 6.28. The maximum Gasteiger partial charge on any atom is 0.222 e. The molecule has 3 rings (SSSR count). The van der Waals surface area contributed by atoms with E-state index in [1.54, 1.807) is 6.20 Å². The van der Waals surface area contributed by atoms with Gasteiger partial charge in [-0.25, -0.2) is 14.4 Å². The summed E-state index contributed by atoms with van der Waals surface area (Å²) >= 11 is 5.82. The molecule has 4 heteroatoms. The minimum absolute atomic E-state index is 0.214. The smallest absolute Gasteiger partial charge is 0.222 e. The summed E-state index contributed by atoms with van der Waals surface area (Å²) in [5.41, 5.74) is 3.21. The van der Waals surface area contributed by atoms with Crippen LogP contribution in [0.2, 0.25) is 5.28 Å². The van der Waals surface area contributed by atoms with E-state index in [1.165, 1.54) is 12.1 Å². The summed E-state index contributed by atoms with van der Waals surface area (Å²) in [5.74, 6) is -0.00112. The van der Waals surface area contributed by atoms with Gasteiger partial charge in [0.05, 0.1) is 5.69 Å². The first-order valence-electron chi connectivity index (χ1n) is 5.51. The Morgan fingerprint density at radius 2 is 2.00 bits per heavy atom. The fourth-order valence-electron chi connectivity index (χ4n) is 2.35. The predicted octanol–water partition coefficient (Wildman–Crippen LogP) is 3.35. The van der Waals surface area contributed by atoms with Crippen molar-refractivity contribution in [1.82, 2.24) is 9.97 Å². The molecule has 0 fully saturated rings. The van der Waals surface area contributed by atoms with Crippen LogP contribution in [0, 0.1) is 5.82 Å². The maximum atomic E-state index is 12.9.